The van der Waals surface area contributed by atoms with Crippen molar-refractivity contribution in [3.63, 3.8) is 0 Å². The Kier molecular flexibility index (Phi) is 5.66. The smallest absolute Gasteiger partial charge is 0.107 e. The van der Waals surface area contributed by atoms with Crippen LogP contribution >= 0.6 is 24.6 Å². The number of benzene rings is 1. The molecule has 1 aromatic heterocycles. The number of nitrogens with zero attached hydrogens (tertiary/aromatic N) is 1. The predicted molar refractivity (Wildman–Crippen MR) is 87.2 cm³/mol. The van der Waals surface area contributed by atoms with E-state index in [4.69, 9.17) is 18.0 Å². The summed E-state index contributed by atoms with van der Waals surface area (Å²) in [7, 11) is 1.83. The second-order valence-electron chi connectivity index (χ2n) is 4.32. The number of rotatable bonds is 3. The molecule has 0 radical (unpaired) electrons. The van der Waals surface area contributed by atoms with Gasteiger partial charge in [0.2, 0.25) is 0 Å². The molecule has 0 spiro atoms. The van der Waals surface area contributed by atoms with Crippen LogP contribution in [0.1, 0.15) is 24.0 Å². The quantitative estimate of drug-likeness (QED) is 0.855. The van der Waals surface area contributed by atoms with E-state index in [1.165, 1.54) is 5.56 Å². The zero-order valence-corrected chi connectivity index (χ0v) is 12.6. The molecule has 0 fully saturated rings. The van der Waals surface area contributed by atoms with Gasteiger partial charge in [0.1, 0.15) is 4.99 Å². The molecule has 0 bridgehead atoms. The van der Waals surface area contributed by atoms with Gasteiger partial charge in [-0.3, -0.25) is 4.98 Å². The fourth-order valence-corrected chi connectivity index (χ4v) is 2.23. The molecular weight excluding hydrogens is 278 g/mol. The van der Waals surface area contributed by atoms with Gasteiger partial charge in [-0.25, -0.2) is 0 Å². The van der Waals surface area contributed by atoms with Crippen molar-refractivity contribution in [1.29, 1.82) is 0 Å². The molecule has 3 N–H and O–H groups in total. The highest BCUT2D eigenvalue weighted by atomic mass is 35.5. The number of thiocarbonyl (C=S) groups is 1. The van der Waals surface area contributed by atoms with Crippen LogP contribution in [0.15, 0.2) is 30.5 Å². The van der Waals surface area contributed by atoms with Crippen LogP contribution in [0.5, 0.6) is 0 Å². The largest absolute Gasteiger partial charge is 0.379 e. The van der Waals surface area contributed by atoms with Crippen LogP contribution in [-0.4, -0.2) is 23.6 Å². The van der Waals surface area contributed by atoms with Crippen molar-refractivity contribution < 1.29 is 0 Å². The first-order valence-corrected chi connectivity index (χ1v) is 6.39. The van der Waals surface area contributed by atoms with Crippen LogP contribution < -0.4 is 11.1 Å². The van der Waals surface area contributed by atoms with E-state index in [2.05, 4.69) is 23.3 Å². The normalized spacial score (nSPS) is 11.7. The Bertz CT molecular complexity index is 586. The highest BCUT2D eigenvalue weighted by molar-refractivity contribution is 7.80. The Balaban J connectivity index is 0.00000180. The minimum Gasteiger partial charge on any atom is -0.379 e. The fraction of sp³-hybridized carbons (Fsp3) is 0.286. The van der Waals surface area contributed by atoms with Gasteiger partial charge >= 0.3 is 0 Å². The lowest BCUT2D eigenvalue weighted by Gasteiger charge is -2.14. The van der Waals surface area contributed by atoms with Gasteiger partial charge in [0.25, 0.3) is 0 Å². The number of para-hydroxylation sites is 1. The van der Waals surface area contributed by atoms with Crippen LogP contribution in [-0.2, 0) is 0 Å². The number of nitrogens with one attached hydrogen (secondary N) is 1. The molecule has 1 heterocycles. The Labute approximate surface area is 125 Å². The minimum atomic E-state index is 0. The number of nitrogens with two attached hydrogens (primary N) is 1. The second kappa shape index (κ2) is 6.80. The molecule has 102 valence electrons. The average molecular weight is 296 g/mol. The van der Waals surface area contributed by atoms with Crippen molar-refractivity contribution in [3.8, 4) is 0 Å². The molecule has 0 saturated heterocycles. The highest BCUT2D eigenvalue weighted by Gasteiger charge is 2.12. The molecule has 0 aliphatic carbocycles. The summed E-state index contributed by atoms with van der Waals surface area (Å²) in [5.41, 5.74) is 8.94. The molecule has 5 heteroatoms. The standard InChI is InChI=1S/C14H17N3S.ClH/c1-9(8-15)10-4-3-5-11-12(14(18)16-2)6-7-17-13(10)11;/h3-7,9H,8,15H2,1-2H3,(H,16,18);1H. The van der Waals surface area contributed by atoms with Gasteiger partial charge in [-0.15, -0.1) is 12.4 Å². The van der Waals surface area contributed by atoms with E-state index in [0.29, 0.717) is 12.5 Å². The molecule has 1 atom stereocenters. The predicted octanol–water partition coefficient (Wildman–Crippen LogP) is 2.61. The van der Waals surface area contributed by atoms with Crippen molar-refractivity contribution in [1.82, 2.24) is 10.3 Å². The van der Waals surface area contributed by atoms with E-state index >= 15 is 0 Å². The monoisotopic (exact) mass is 295 g/mol. The summed E-state index contributed by atoms with van der Waals surface area (Å²) in [5, 5.41) is 4.09. The van der Waals surface area contributed by atoms with E-state index in [1.54, 1.807) is 6.20 Å². The van der Waals surface area contributed by atoms with Gasteiger partial charge in [0.05, 0.1) is 5.52 Å². The van der Waals surface area contributed by atoms with Gasteiger partial charge in [0.15, 0.2) is 0 Å². The van der Waals surface area contributed by atoms with Gasteiger partial charge in [-0.1, -0.05) is 37.3 Å². The molecule has 0 saturated carbocycles. The summed E-state index contributed by atoms with van der Waals surface area (Å²) in [6.45, 7) is 2.72. The number of hydrogen-bond donors (Lipinski definition) is 2. The van der Waals surface area contributed by atoms with E-state index in [0.717, 1.165) is 21.5 Å². The molecule has 2 aromatic rings. The fourth-order valence-electron chi connectivity index (χ4n) is 2.06. The van der Waals surface area contributed by atoms with Crippen LogP contribution in [0.2, 0.25) is 0 Å². The summed E-state index contributed by atoms with van der Waals surface area (Å²) >= 11 is 5.32. The first kappa shape index (κ1) is 15.8. The van der Waals surface area contributed by atoms with Gasteiger partial charge in [0, 0.05) is 24.2 Å². The molecule has 1 aromatic carbocycles. The maximum absolute atomic E-state index is 5.75. The molecule has 0 amide bonds. The number of pyridine rings is 1. The third-order valence-corrected chi connectivity index (χ3v) is 3.58. The number of aromatic nitrogens is 1. The second-order valence-corrected chi connectivity index (χ2v) is 4.73. The Morgan fingerprint density at radius 3 is 2.79 bits per heavy atom. The minimum absolute atomic E-state index is 0. The van der Waals surface area contributed by atoms with Gasteiger partial charge in [-0.05, 0) is 24.1 Å². The summed E-state index contributed by atoms with van der Waals surface area (Å²) in [6.07, 6.45) is 1.80. The van der Waals surface area contributed by atoms with Crippen LogP contribution in [0.25, 0.3) is 10.9 Å². The third-order valence-electron chi connectivity index (χ3n) is 3.16. The molecule has 0 aliphatic heterocycles. The highest BCUT2D eigenvalue weighted by Crippen LogP contribution is 2.25. The van der Waals surface area contributed by atoms with Crippen molar-refractivity contribution >= 4 is 40.5 Å². The lowest BCUT2D eigenvalue weighted by Crippen LogP contribution is -2.17. The van der Waals surface area contributed by atoms with Gasteiger partial charge in [-0.2, -0.15) is 0 Å². The molecule has 2 rings (SSSR count). The molecule has 0 aliphatic rings. The van der Waals surface area contributed by atoms with E-state index in [-0.39, 0.29) is 12.4 Å². The topological polar surface area (TPSA) is 50.9 Å². The van der Waals surface area contributed by atoms with E-state index in [9.17, 15) is 0 Å². The first-order valence-electron chi connectivity index (χ1n) is 5.98. The molecular formula is C14H18ClN3S. The lowest BCUT2D eigenvalue weighted by molar-refractivity contribution is 0.779. The van der Waals surface area contributed by atoms with Crippen molar-refractivity contribution in [2.24, 2.45) is 5.73 Å². The summed E-state index contributed by atoms with van der Waals surface area (Å²) in [5.74, 6) is 0.291. The summed E-state index contributed by atoms with van der Waals surface area (Å²) < 4.78 is 0. The summed E-state index contributed by atoms with van der Waals surface area (Å²) in [6, 6.07) is 8.11. The van der Waals surface area contributed by atoms with E-state index < -0.39 is 0 Å². The number of halogens is 1. The SMILES string of the molecule is CNC(=S)c1ccnc2c(C(C)CN)cccc12.Cl. The lowest BCUT2D eigenvalue weighted by atomic mass is 9.96. The van der Waals surface area contributed by atoms with Gasteiger partial charge < -0.3 is 11.1 Å². The Morgan fingerprint density at radius 1 is 1.42 bits per heavy atom. The zero-order valence-electron chi connectivity index (χ0n) is 11.0. The Hall–Kier alpha value is -1.23. The van der Waals surface area contributed by atoms with E-state index in [1.807, 2.05) is 25.2 Å². The molecule has 3 nitrogen and oxygen atoms in total. The number of fused-ring (bicyclic) bond motifs is 1. The first-order chi connectivity index (χ1) is 8.69. The van der Waals surface area contributed by atoms with Crippen LogP contribution in [0.3, 0.4) is 0 Å². The Morgan fingerprint density at radius 2 is 2.16 bits per heavy atom. The van der Waals surface area contributed by atoms with Crippen molar-refractivity contribution in [3.05, 3.63) is 41.6 Å². The number of hydrogen-bond acceptors (Lipinski definition) is 3. The average Bonchev–Trinajstić information content (AvgIpc) is 2.44. The van der Waals surface area contributed by atoms with Crippen molar-refractivity contribution in [2.45, 2.75) is 12.8 Å². The molecule has 19 heavy (non-hydrogen) atoms. The summed E-state index contributed by atoms with van der Waals surface area (Å²) in [4.78, 5) is 5.22. The maximum atomic E-state index is 5.75. The van der Waals surface area contributed by atoms with Crippen molar-refractivity contribution in [2.75, 3.05) is 13.6 Å². The maximum Gasteiger partial charge on any atom is 0.107 e. The zero-order chi connectivity index (χ0) is 13.1. The molecule has 1 unspecified atom stereocenters. The van der Waals surface area contributed by atoms with Crippen LogP contribution in [0, 0.1) is 0 Å². The third kappa shape index (κ3) is 3.03. The van der Waals surface area contributed by atoms with Crippen LogP contribution in [0.4, 0.5) is 0 Å².